The first-order valence-corrected chi connectivity index (χ1v) is 8.05. The van der Waals surface area contributed by atoms with E-state index in [2.05, 4.69) is 10.6 Å². The van der Waals surface area contributed by atoms with Gasteiger partial charge in [-0.3, -0.25) is 4.79 Å². The van der Waals surface area contributed by atoms with Crippen LogP contribution in [0.1, 0.15) is 11.1 Å². The predicted octanol–water partition coefficient (Wildman–Crippen LogP) is 2.29. The molecule has 0 saturated carbocycles. The molecule has 5 nitrogen and oxygen atoms in total. The van der Waals surface area contributed by atoms with Gasteiger partial charge in [0.2, 0.25) is 5.91 Å². The van der Waals surface area contributed by atoms with E-state index in [1.807, 2.05) is 18.2 Å². The second-order valence-corrected chi connectivity index (χ2v) is 5.48. The van der Waals surface area contributed by atoms with E-state index in [-0.39, 0.29) is 18.3 Å². The van der Waals surface area contributed by atoms with E-state index < -0.39 is 0 Å². The van der Waals surface area contributed by atoms with E-state index in [0.29, 0.717) is 36.6 Å². The molecule has 1 amide bonds. The Bertz CT molecular complexity index is 707. The number of hydrogen-bond acceptors (Lipinski definition) is 4. The summed E-state index contributed by atoms with van der Waals surface area (Å²) in [5.74, 6) is 0.938. The van der Waals surface area contributed by atoms with E-state index in [4.69, 9.17) is 9.47 Å². The molecule has 0 aliphatic carbocycles. The molecule has 0 atom stereocenters. The van der Waals surface area contributed by atoms with Gasteiger partial charge in [0.05, 0.1) is 20.8 Å². The van der Waals surface area contributed by atoms with Crippen molar-refractivity contribution in [2.45, 2.75) is 13.0 Å². The number of amides is 1. The lowest BCUT2D eigenvalue weighted by Crippen LogP contribution is -2.34. The third-order valence-electron chi connectivity index (χ3n) is 3.74. The van der Waals surface area contributed by atoms with Crippen molar-refractivity contribution in [2.75, 3.05) is 27.3 Å². The maximum absolute atomic E-state index is 13.5. The van der Waals surface area contributed by atoms with Crippen molar-refractivity contribution in [3.8, 4) is 11.5 Å². The van der Waals surface area contributed by atoms with Crippen molar-refractivity contribution in [1.29, 1.82) is 0 Å². The summed E-state index contributed by atoms with van der Waals surface area (Å²) in [6.45, 7) is 1.12. The second-order valence-electron chi connectivity index (χ2n) is 5.48. The van der Waals surface area contributed by atoms with Gasteiger partial charge >= 0.3 is 0 Å². The van der Waals surface area contributed by atoms with Gasteiger partial charge in [0.25, 0.3) is 0 Å². The fourth-order valence-corrected chi connectivity index (χ4v) is 2.41. The lowest BCUT2D eigenvalue weighted by atomic mass is 10.1. The van der Waals surface area contributed by atoms with Crippen LogP contribution in [0.5, 0.6) is 11.5 Å². The minimum absolute atomic E-state index is 0.128. The van der Waals surface area contributed by atoms with Crippen LogP contribution >= 0.6 is 0 Å². The SMILES string of the molecule is COc1ccc(CNCC(=O)NCCc2ccccc2F)cc1OC. The molecule has 0 fully saturated rings. The van der Waals surface area contributed by atoms with E-state index in [1.54, 1.807) is 32.4 Å². The quantitative estimate of drug-likeness (QED) is 0.731. The van der Waals surface area contributed by atoms with Gasteiger partial charge in [-0.2, -0.15) is 0 Å². The van der Waals surface area contributed by atoms with Gasteiger partial charge in [-0.25, -0.2) is 4.39 Å². The first-order valence-electron chi connectivity index (χ1n) is 8.05. The summed E-state index contributed by atoms with van der Waals surface area (Å²) in [6, 6.07) is 12.2. The number of ether oxygens (including phenoxy) is 2. The number of nitrogens with one attached hydrogen (secondary N) is 2. The Kier molecular flexibility index (Phi) is 7.22. The fraction of sp³-hybridized carbons (Fsp3) is 0.316. The van der Waals surface area contributed by atoms with E-state index in [0.717, 1.165) is 5.56 Å². The molecule has 0 heterocycles. The molecule has 0 aromatic heterocycles. The van der Waals surface area contributed by atoms with Gasteiger partial charge in [0.1, 0.15) is 5.82 Å². The van der Waals surface area contributed by atoms with E-state index in [1.165, 1.54) is 6.07 Å². The molecule has 0 spiro atoms. The second kappa shape index (κ2) is 9.64. The Balaban J connectivity index is 1.71. The average Bonchev–Trinajstić information content (AvgIpc) is 2.63. The highest BCUT2D eigenvalue weighted by atomic mass is 19.1. The number of carbonyl (C=O) groups excluding carboxylic acids is 1. The highest BCUT2D eigenvalue weighted by molar-refractivity contribution is 5.77. The summed E-state index contributed by atoms with van der Waals surface area (Å²) in [6.07, 6.45) is 0.466. The Morgan fingerprint density at radius 2 is 1.84 bits per heavy atom. The van der Waals surface area contributed by atoms with Crippen LogP contribution in [0, 0.1) is 5.82 Å². The largest absolute Gasteiger partial charge is 0.493 e. The van der Waals surface area contributed by atoms with E-state index >= 15 is 0 Å². The molecule has 0 aliphatic rings. The van der Waals surface area contributed by atoms with Crippen molar-refractivity contribution in [2.24, 2.45) is 0 Å². The Morgan fingerprint density at radius 1 is 1.08 bits per heavy atom. The maximum atomic E-state index is 13.5. The molecule has 0 bridgehead atoms. The molecule has 2 rings (SSSR count). The molecule has 134 valence electrons. The zero-order chi connectivity index (χ0) is 18.1. The summed E-state index contributed by atoms with van der Waals surface area (Å²) in [5, 5.41) is 5.84. The van der Waals surface area contributed by atoms with Crippen LogP contribution in [0.4, 0.5) is 4.39 Å². The Morgan fingerprint density at radius 3 is 2.56 bits per heavy atom. The number of methoxy groups -OCH3 is 2. The van der Waals surface area contributed by atoms with Crippen molar-refractivity contribution in [3.63, 3.8) is 0 Å². The molecule has 25 heavy (non-hydrogen) atoms. The van der Waals surface area contributed by atoms with Gasteiger partial charge in [-0.05, 0) is 35.7 Å². The Labute approximate surface area is 147 Å². The smallest absolute Gasteiger partial charge is 0.233 e. The lowest BCUT2D eigenvalue weighted by molar-refractivity contribution is -0.120. The molecule has 0 aliphatic heterocycles. The summed E-state index contributed by atoms with van der Waals surface area (Å²) in [4.78, 5) is 11.8. The van der Waals surface area contributed by atoms with Gasteiger partial charge in [-0.15, -0.1) is 0 Å². The Hall–Kier alpha value is -2.60. The molecule has 2 aromatic carbocycles. The van der Waals surface area contributed by atoms with Crippen LogP contribution in [-0.2, 0) is 17.8 Å². The molecule has 0 radical (unpaired) electrons. The van der Waals surface area contributed by atoms with Crippen molar-refractivity contribution in [3.05, 3.63) is 59.4 Å². The molecular formula is C19H23FN2O3. The van der Waals surface area contributed by atoms with Crippen molar-refractivity contribution >= 4 is 5.91 Å². The van der Waals surface area contributed by atoms with Crippen LogP contribution in [0.15, 0.2) is 42.5 Å². The van der Waals surface area contributed by atoms with Gasteiger partial charge in [0, 0.05) is 13.1 Å². The van der Waals surface area contributed by atoms with Crippen LogP contribution in [0.2, 0.25) is 0 Å². The van der Waals surface area contributed by atoms with Crippen LogP contribution < -0.4 is 20.1 Å². The highest BCUT2D eigenvalue weighted by Gasteiger charge is 2.06. The first kappa shape index (κ1) is 18.7. The predicted molar refractivity (Wildman–Crippen MR) is 94.4 cm³/mol. The molecule has 0 unspecified atom stereocenters. The monoisotopic (exact) mass is 346 g/mol. The van der Waals surface area contributed by atoms with Crippen LogP contribution in [0.25, 0.3) is 0 Å². The molecule has 2 aromatic rings. The minimum atomic E-state index is -0.247. The lowest BCUT2D eigenvalue weighted by Gasteiger charge is -2.10. The fourth-order valence-electron chi connectivity index (χ4n) is 2.41. The minimum Gasteiger partial charge on any atom is -0.493 e. The zero-order valence-corrected chi connectivity index (χ0v) is 14.5. The van der Waals surface area contributed by atoms with Gasteiger partial charge in [0.15, 0.2) is 11.5 Å². The topological polar surface area (TPSA) is 59.6 Å². The average molecular weight is 346 g/mol. The van der Waals surface area contributed by atoms with Gasteiger partial charge in [-0.1, -0.05) is 24.3 Å². The molecule has 2 N–H and O–H groups in total. The maximum Gasteiger partial charge on any atom is 0.233 e. The summed E-state index contributed by atoms with van der Waals surface area (Å²) in [5.41, 5.74) is 1.58. The molecular weight excluding hydrogens is 323 g/mol. The zero-order valence-electron chi connectivity index (χ0n) is 14.5. The first-order chi connectivity index (χ1) is 12.1. The van der Waals surface area contributed by atoms with Crippen LogP contribution in [-0.4, -0.2) is 33.2 Å². The van der Waals surface area contributed by atoms with E-state index in [9.17, 15) is 9.18 Å². The molecule has 0 saturated heterocycles. The normalized spacial score (nSPS) is 10.4. The number of carbonyl (C=O) groups is 1. The summed E-state index contributed by atoms with van der Waals surface area (Å²) >= 11 is 0. The summed E-state index contributed by atoms with van der Waals surface area (Å²) < 4.78 is 23.9. The number of benzene rings is 2. The number of rotatable bonds is 9. The van der Waals surface area contributed by atoms with Gasteiger partial charge < -0.3 is 20.1 Å². The number of hydrogen-bond donors (Lipinski definition) is 2. The standard InChI is InChI=1S/C19H23FN2O3/c1-24-17-8-7-14(11-18(17)25-2)12-21-13-19(23)22-10-9-15-5-3-4-6-16(15)20/h3-8,11,21H,9-10,12-13H2,1-2H3,(H,22,23). The van der Waals surface area contributed by atoms with Crippen molar-refractivity contribution < 1.29 is 18.7 Å². The third-order valence-corrected chi connectivity index (χ3v) is 3.74. The number of halogens is 1. The van der Waals surface area contributed by atoms with Crippen LogP contribution in [0.3, 0.4) is 0 Å². The summed E-state index contributed by atoms with van der Waals surface area (Å²) in [7, 11) is 3.17. The molecule has 6 heteroatoms. The highest BCUT2D eigenvalue weighted by Crippen LogP contribution is 2.27. The third kappa shape index (κ3) is 5.76. The van der Waals surface area contributed by atoms with Crippen molar-refractivity contribution in [1.82, 2.24) is 10.6 Å².